The van der Waals surface area contributed by atoms with Gasteiger partial charge in [0.2, 0.25) is 0 Å². The fourth-order valence-electron chi connectivity index (χ4n) is 5.36. The molecule has 0 spiro atoms. The number of fused-ring (bicyclic) bond motifs is 1. The third kappa shape index (κ3) is 5.96. The highest BCUT2D eigenvalue weighted by Crippen LogP contribution is 2.46. The van der Waals surface area contributed by atoms with Crippen molar-refractivity contribution in [3.05, 3.63) is 152 Å². The quantitative estimate of drug-likeness (QED) is 0.164. The molecule has 1 aliphatic heterocycles. The topological polar surface area (TPSA) is 42.0 Å². The lowest BCUT2D eigenvalue weighted by Gasteiger charge is -2.46. The number of para-hydroxylation sites is 2. The van der Waals surface area contributed by atoms with Crippen LogP contribution < -0.4 is 19.3 Å². The molecule has 1 amide bonds. The average molecular weight is 674 g/mol. The zero-order valence-corrected chi connectivity index (χ0v) is 26.3. The SMILES string of the molecule is COc1cc([C@H]2N(Cc3ccccc3)c3ccccc3C(=O)N2c2ccccc2)cc(Br)c1OCc1ccc(Cl)c(Cl)c1. The van der Waals surface area contributed by atoms with Gasteiger partial charge in [-0.05, 0) is 75.6 Å². The lowest BCUT2D eigenvalue weighted by atomic mass is 9.98. The smallest absolute Gasteiger partial charge is 0.262 e. The predicted molar refractivity (Wildman–Crippen MR) is 177 cm³/mol. The summed E-state index contributed by atoms with van der Waals surface area (Å²) in [5, 5.41) is 0.950. The summed E-state index contributed by atoms with van der Waals surface area (Å²) in [6.07, 6.45) is -0.487. The van der Waals surface area contributed by atoms with Crippen molar-refractivity contribution in [1.29, 1.82) is 0 Å². The zero-order chi connectivity index (χ0) is 29.9. The van der Waals surface area contributed by atoms with Gasteiger partial charge in [-0.25, -0.2) is 0 Å². The fraction of sp³-hybridized carbons (Fsp3) is 0.114. The van der Waals surface area contributed by atoms with Crippen LogP contribution >= 0.6 is 39.1 Å². The summed E-state index contributed by atoms with van der Waals surface area (Å²) in [5.74, 6) is 0.996. The molecule has 0 aliphatic carbocycles. The van der Waals surface area contributed by atoms with E-state index in [1.54, 1.807) is 19.2 Å². The van der Waals surface area contributed by atoms with E-state index < -0.39 is 6.17 Å². The molecule has 1 atom stereocenters. The first-order valence-electron chi connectivity index (χ1n) is 13.7. The molecule has 0 radical (unpaired) electrons. The van der Waals surface area contributed by atoms with E-state index in [0.29, 0.717) is 38.1 Å². The van der Waals surface area contributed by atoms with Gasteiger partial charge >= 0.3 is 0 Å². The lowest BCUT2D eigenvalue weighted by molar-refractivity contribution is 0.0968. The number of hydrogen-bond acceptors (Lipinski definition) is 4. The Morgan fingerprint density at radius 1 is 0.791 bits per heavy atom. The van der Waals surface area contributed by atoms with Crippen LogP contribution in [0.15, 0.2) is 120 Å². The van der Waals surface area contributed by atoms with Crippen molar-refractivity contribution in [1.82, 2.24) is 0 Å². The van der Waals surface area contributed by atoms with Crippen molar-refractivity contribution in [3.8, 4) is 11.5 Å². The molecule has 0 N–H and O–H groups in total. The Morgan fingerprint density at radius 3 is 2.21 bits per heavy atom. The van der Waals surface area contributed by atoms with Crippen LogP contribution in [-0.2, 0) is 13.2 Å². The number of anilines is 2. The van der Waals surface area contributed by atoms with Gasteiger partial charge in [0.15, 0.2) is 11.5 Å². The molecular weight excluding hydrogens is 647 g/mol. The molecule has 5 nitrogen and oxygen atoms in total. The van der Waals surface area contributed by atoms with E-state index >= 15 is 0 Å². The molecule has 5 aromatic carbocycles. The van der Waals surface area contributed by atoms with Gasteiger partial charge < -0.3 is 14.4 Å². The van der Waals surface area contributed by atoms with Crippen LogP contribution in [0.2, 0.25) is 10.0 Å². The highest BCUT2D eigenvalue weighted by molar-refractivity contribution is 9.10. The van der Waals surface area contributed by atoms with Crippen molar-refractivity contribution >= 4 is 56.4 Å². The Balaban J connectivity index is 1.46. The number of hydrogen-bond donors (Lipinski definition) is 0. The Morgan fingerprint density at radius 2 is 1.49 bits per heavy atom. The highest BCUT2D eigenvalue weighted by Gasteiger charge is 2.40. The number of rotatable bonds is 8. The van der Waals surface area contributed by atoms with E-state index in [1.165, 1.54) is 0 Å². The molecule has 0 fully saturated rings. The summed E-state index contributed by atoms with van der Waals surface area (Å²) in [4.78, 5) is 18.3. The van der Waals surface area contributed by atoms with Crippen molar-refractivity contribution < 1.29 is 14.3 Å². The Hall–Kier alpha value is -3.97. The fourth-order valence-corrected chi connectivity index (χ4v) is 6.25. The molecule has 0 unspecified atom stereocenters. The maximum Gasteiger partial charge on any atom is 0.262 e. The molecule has 0 aromatic heterocycles. The van der Waals surface area contributed by atoms with E-state index in [4.69, 9.17) is 32.7 Å². The minimum absolute atomic E-state index is 0.0776. The molecule has 0 saturated heterocycles. The molecule has 43 heavy (non-hydrogen) atoms. The summed E-state index contributed by atoms with van der Waals surface area (Å²) in [6, 6.07) is 37.1. The number of ether oxygens (including phenoxy) is 2. The van der Waals surface area contributed by atoms with Crippen LogP contribution in [0, 0.1) is 0 Å². The molecule has 1 heterocycles. The average Bonchev–Trinajstić information content (AvgIpc) is 3.03. The summed E-state index contributed by atoms with van der Waals surface area (Å²) in [6.45, 7) is 0.839. The Labute approximate surface area is 269 Å². The van der Waals surface area contributed by atoms with Crippen LogP contribution in [0.4, 0.5) is 11.4 Å². The van der Waals surface area contributed by atoms with Gasteiger partial charge in [0.25, 0.3) is 5.91 Å². The van der Waals surface area contributed by atoms with Gasteiger partial charge in [-0.2, -0.15) is 0 Å². The number of halogens is 3. The number of carbonyl (C=O) groups excluding carboxylic acids is 1. The monoisotopic (exact) mass is 672 g/mol. The van der Waals surface area contributed by atoms with E-state index in [2.05, 4.69) is 33.0 Å². The summed E-state index contributed by atoms with van der Waals surface area (Å²) in [7, 11) is 1.61. The van der Waals surface area contributed by atoms with Crippen molar-refractivity contribution in [2.24, 2.45) is 0 Å². The summed E-state index contributed by atoms with van der Waals surface area (Å²) in [5.41, 5.74) is 5.14. The lowest BCUT2D eigenvalue weighted by Crippen LogP contribution is -2.49. The minimum atomic E-state index is -0.487. The van der Waals surface area contributed by atoms with Crippen molar-refractivity contribution in [3.63, 3.8) is 0 Å². The van der Waals surface area contributed by atoms with Crippen LogP contribution in [0.5, 0.6) is 11.5 Å². The molecule has 0 bridgehead atoms. The van der Waals surface area contributed by atoms with Gasteiger partial charge in [-0.1, -0.05) is 89.9 Å². The molecule has 6 rings (SSSR count). The van der Waals surface area contributed by atoms with E-state index in [9.17, 15) is 4.79 Å². The van der Waals surface area contributed by atoms with Gasteiger partial charge in [0.05, 0.1) is 32.9 Å². The first-order chi connectivity index (χ1) is 20.9. The zero-order valence-electron chi connectivity index (χ0n) is 23.2. The molecule has 5 aromatic rings. The number of benzene rings is 5. The van der Waals surface area contributed by atoms with Crippen LogP contribution in [0.3, 0.4) is 0 Å². The van der Waals surface area contributed by atoms with Gasteiger partial charge in [-0.15, -0.1) is 0 Å². The Bertz CT molecular complexity index is 1770. The number of carbonyl (C=O) groups is 1. The van der Waals surface area contributed by atoms with Gasteiger partial charge in [0.1, 0.15) is 12.8 Å². The molecular formula is C35H27BrCl2N2O3. The molecule has 0 saturated carbocycles. The third-order valence-corrected chi connectivity index (χ3v) is 8.68. The number of methoxy groups -OCH3 is 1. The normalized spacial score (nSPS) is 14.4. The predicted octanol–water partition coefficient (Wildman–Crippen LogP) is 9.71. The second-order valence-corrected chi connectivity index (χ2v) is 11.8. The van der Waals surface area contributed by atoms with Crippen LogP contribution in [0.1, 0.15) is 33.2 Å². The Kier molecular flexibility index (Phi) is 8.61. The minimum Gasteiger partial charge on any atom is -0.493 e. The first kappa shape index (κ1) is 29.1. The number of amides is 1. The summed E-state index contributed by atoms with van der Waals surface area (Å²) >= 11 is 16.0. The summed E-state index contributed by atoms with van der Waals surface area (Å²) < 4.78 is 12.8. The largest absolute Gasteiger partial charge is 0.493 e. The molecule has 216 valence electrons. The first-order valence-corrected chi connectivity index (χ1v) is 15.2. The maximum absolute atomic E-state index is 14.2. The third-order valence-electron chi connectivity index (χ3n) is 7.35. The van der Waals surface area contributed by atoms with Crippen molar-refractivity contribution in [2.75, 3.05) is 16.9 Å². The van der Waals surface area contributed by atoms with E-state index in [0.717, 1.165) is 28.1 Å². The molecule has 1 aliphatic rings. The van der Waals surface area contributed by atoms with E-state index in [1.807, 2.05) is 95.9 Å². The number of nitrogens with zero attached hydrogens (tertiary/aromatic N) is 2. The van der Waals surface area contributed by atoms with Gasteiger partial charge in [-0.3, -0.25) is 9.69 Å². The second-order valence-electron chi connectivity index (χ2n) is 10.1. The van der Waals surface area contributed by atoms with Crippen LogP contribution in [0.25, 0.3) is 0 Å². The van der Waals surface area contributed by atoms with Crippen molar-refractivity contribution in [2.45, 2.75) is 19.3 Å². The molecule has 8 heteroatoms. The van der Waals surface area contributed by atoms with Gasteiger partial charge in [0, 0.05) is 17.8 Å². The van der Waals surface area contributed by atoms with E-state index in [-0.39, 0.29) is 12.5 Å². The second kappa shape index (κ2) is 12.7. The maximum atomic E-state index is 14.2. The van der Waals surface area contributed by atoms with Crippen LogP contribution in [-0.4, -0.2) is 13.0 Å². The standard InChI is InChI=1S/C35H27BrCl2N2O3/c1-42-32-20-25(19-28(36)33(32)43-22-24-16-17-29(37)30(38)18-24)34-39(21-23-10-4-2-5-11-23)31-15-9-8-14-27(31)35(41)40(34)26-12-6-3-7-13-26/h2-20,34H,21-22H2,1H3/t34-/m0/s1. The highest BCUT2D eigenvalue weighted by atomic mass is 79.9.